The molecule has 0 unspecified atom stereocenters. The summed E-state index contributed by atoms with van der Waals surface area (Å²) in [7, 11) is 0. The number of amides is 1. The number of halogens is 2. The van der Waals surface area contributed by atoms with Gasteiger partial charge in [0.2, 0.25) is 11.7 Å². The minimum absolute atomic E-state index is 0. The number of nitrogens with two attached hydrogens (primary N) is 1. The molecule has 3 N–H and O–H groups in total. The second kappa shape index (κ2) is 8.11. The Morgan fingerprint density at radius 3 is 2.71 bits per heavy atom. The molecule has 0 radical (unpaired) electrons. The van der Waals surface area contributed by atoms with Crippen LogP contribution < -0.4 is 11.1 Å². The molecular formula is C14H17BrClN5O3. The molecule has 2 aromatic rings. The normalized spacial score (nSPS) is 10.1. The topological polar surface area (TPSA) is 116 Å². The molecule has 8 nitrogen and oxygen atoms in total. The van der Waals surface area contributed by atoms with Gasteiger partial charge < -0.3 is 25.7 Å². The zero-order chi connectivity index (χ0) is 17.1. The molecule has 1 amide bonds. The molecule has 0 saturated carbocycles. The maximum Gasteiger partial charge on any atom is 0.381 e. The molecule has 2 rings (SSSR count). The predicted octanol–water partition coefficient (Wildman–Crippen LogP) is 3.20. The SMILES string of the molecule is Cc1cc(Br)cc(NC(=O)CCn2cc([N+](=O)[O-])nc2C)c1N.Cl. The largest absolute Gasteiger partial charge is 0.397 e. The van der Waals surface area contributed by atoms with E-state index in [2.05, 4.69) is 26.2 Å². The summed E-state index contributed by atoms with van der Waals surface area (Å²) >= 11 is 3.36. The lowest BCUT2D eigenvalue weighted by molar-refractivity contribution is -0.389. The van der Waals surface area contributed by atoms with Crippen molar-refractivity contribution in [1.82, 2.24) is 9.55 Å². The minimum atomic E-state index is -0.561. The Bertz CT molecular complexity index is 778. The molecule has 0 aliphatic rings. The molecule has 10 heteroatoms. The van der Waals surface area contributed by atoms with Gasteiger partial charge in [-0.2, -0.15) is 0 Å². The molecule has 0 fully saturated rings. The number of anilines is 2. The van der Waals surface area contributed by atoms with Crippen molar-refractivity contribution in [3.63, 3.8) is 0 Å². The number of imidazole rings is 1. The molecule has 130 valence electrons. The third kappa shape index (κ3) is 4.68. The summed E-state index contributed by atoms with van der Waals surface area (Å²) in [5.41, 5.74) is 7.85. The molecule has 24 heavy (non-hydrogen) atoms. The van der Waals surface area contributed by atoms with Crippen LogP contribution in [0, 0.1) is 24.0 Å². The summed E-state index contributed by atoms with van der Waals surface area (Å²) in [5, 5.41) is 13.4. The van der Waals surface area contributed by atoms with Crippen molar-refractivity contribution >= 4 is 51.4 Å². The smallest absolute Gasteiger partial charge is 0.381 e. The van der Waals surface area contributed by atoms with Crippen LogP contribution >= 0.6 is 28.3 Å². The van der Waals surface area contributed by atoms with Gasteiger partial charge in [0, 0.05) is 24.4 Å². The van der Waals surface area contributed by atoms with Crippen molar-refractivity contribution in [3.05, 3.63) is 44.3 Å². The number of rotatable bonds is 5. The molecule has 0 aliphatic heterocycles. The minimum Gasteiger partial charge on any atom is -0.397 e. The number of nitro groups is 1. The van der Waals surface area contributed by atoms with Crippen LogP contribution in [0.1, 0.15) is 17.8 Å². The van der Waals surface area contributed by atoms with Crippen LogP contribution in [0.2, 0.25) is 0 Å². The van der Waals surface area contributed by atoms with Crippen LogP contribution in [0.15, 0.2) is 22.8 Å². The summed E-state index contributed by atoms with van der Waals surface area (Å²) < 4.78 is 2.40. The number of hydrogen-bond acceptors (Lipinski definition) is 5. The second-order valence-corrected chi connectivity index (χ2v) is 5.99. The molecule has 0 saturated heterocycles. The summed E-state index contributed by atoms with van der Waals surface area (Å²) in [4.78, 5) is 26.0. The number of nitrogens with one attached hydrogen (secondary N) is 1. The van der Waals surface area contributed by atoms with E-state index in [4.69, 9.17) is 5.73 Å². The standard InChI is InChI=1S/C14H16BrN5O3.ClH/c1-8-5-10(15)6-11(14(8)16)18-13(21)3-4-19-7-12(20(22)23)17-9(19)2;/h5-7H,3-4,16H2,1-2H3,(H,18,21);1H. The lowest BCUT2D eigenvalue weighted by Gasteiger charge is -2.11. The summed E-state index contributed by atoms with van der Waals surface area (Å²) in [5.74, 6) is 0.0297. The first kappa shape index (κ1) is 19.9. The van der Waals surface area contributed by atoms with Crippen LogP contribution in [0.4, 0.5) is 17.2 Å². The van der Waals surface area contributed by atoms with Gasteiger partial charge in [-0.25, -0.2) is 0 Å². The van der Waals surface area contributed by atoms with Crippen LogP contribution in [0.3, 0.4) is 0 Å². The van der Waals surface area contributed by atoms with E-state index in [1.165, 1.54) is 6.20 Å². The number of nitrogens with zero attached hydrogens (tertiary/aromatic N) is 3. The molecule has 0 aliphatic carbocycles. The van der Waals surface area contributed by atoms with Gasteiger partial charge in [-0.1, -0.05) is 15.9 Å². The fourth-order valence-corrected chi connectivity index (χ4v) is 2.67. The Labute approximate surface area is 153 Å². The number of aryl methyl sites for hydroxylation is 3. The molecule has 1 aromatic heterocycles. The number of hydrogen-bond donors (Lipinski definition) is 2. The van der Waals surface area contributed by atoms with Gasteiger partial charge in [0.15, 0.2) is 0 Å². The molecule has 1 heterocycles. The van der Waals surface area contributed by atoms with E-state index in [9.17, 15) is 14.9 Å². The first-order valence-corrected chi connectivity index (χ1v) is 7.61. The van der Waals surface area contributed by atoms with E-state index in [0.29, 0.717) is 23.7 Å². The van der Waals surface area contributed by atoms with Crippen molar-refractivity contribution < 1.29 is 9.72 Å². The van der Waals surface area contributed by atoms with Gasteiger partial charge >= 0.3 is 5.82 Å². The van der Waals surface area contributed by atoms with Crippen molar-refractivity contribution in [2.24, 2.45) is 0 Å². The molecule has 0 atom stereocenters. The number of aromatic nitrogens is 2. The summed E-state index contributed by atoms with van der Waals surface area (Å²) in [6.07, 6.45) is 1.47. The van der Waals surface area contributed by atoms with Gasteiger partial charge in [0.05, 0.1) is 11.4 Å². The number of nitrogen functional groups attached to an aromatic ring is 1. The highest BCUT2D eigenvalue weighted by molar-refractivity contribution is 9.10. The van der Waals surface area contributed by atoms with E-state index in [1.54, 1.807) is 17.6 Å². The molecule has 0 bridgehead atoms. The average molecular weight is 419 g/mol. The zero-order valence-electron chi connectivity index (χ0n) is 13.1. The van der Waals surface area contributed by atoms with Crippen LogP contribution in [-0.2, 0) is 11.3 Å². The van der Waals surface area contributed by atoms with E-state index in [1.807, 2.05) is 13.0 Å². The van der Waals surface area contributed by atoms with E-state index < -0.39 is 4.92 Å². The number of benzene rings is 1. The van der Waals surface area contributed by atoms with Crippen LogP contribution in [0.25, 0.3) is 0 Å². The quantitative estimate of drug-likeness (QED) is 0.439. The van der Waals surface area contributed by atoms with E-state index >= 15 is 0 Å². The van der Waals surface area contributed by atoms with Gasteiger partial charge in [0.1, 0.15) is 6.20 Å². The Balaban J connectivity index is 0.00000288. The lowest BCUT2D eigenvalue weighted by atomic mass is 10.1. The van der Waals surface area contributed by atoms with Crippen molar-refractivity contribution in [3.8, 4) is 0 Å². The van der Waals surface area contributed by atoms with Gasteiger partial charge in [-0.05, 0) is 34.5 Å². The van der Waals surface area contributed by atoms with Crippen LogP contribution in [-0.4, -0.2) is 20.4 Å². The Morgan fingerprint density at radius 2 is 2.12 bits per heavy atom. The van der Waals surface area contributed by atoms with Crippen molar-refractivity contribution in [1.29, 1.82) is 0 Å². The maximum absolute atomic E-state index is 12.1. The highest BCUT2D eigenvalue weighted by Crippen LogP contribution is 2.27. The lowest BCUT2D eigenvalue weighted by Crippen LogP contribution is -2.16. The van der Waals surface area contributed by atoms with E-state index in [-0.39, 0.29) is 30.6 Å². The monoisotopic (exact) mass is 417 g/mol. The third-order valence-corrected chi connectivity index (χ3v) is 3.81. The Kier molecular flexibility index (Phi) is 6.73. The average Bonchev–Trinajstić information content (AvgIpc) is 2.83. The summed E-state index contributed by atoms with van der Waals surface area (Å²) in [6.45, 7) is 3.80. The fraction of sp³-hybridized carbons (Fsp3) is 0.286. The van der Waals surface area contributed by atoms with Crippen molar-refractivity contribution in [2.45, 2.75) is 26.8 Å². The molecule has 1 aromatic carbocycles. The van der Waals surface area contributed by atoms with Crippen molar-refractivity contribution in [2.75, 3.05) is 11.1 Å². The zero-order valence-corrected chi connectivity index (χ0v) is 15.5. The van der Waals surface area contributed by atoms with Crippen LogP contribution in [0.5, 0.6) is 0 Å². The Morgan fingerprint density at radius 1 is 1.46 bits per heavy atom. The summed E-state index contributed by atoms with van der Waals surface area (Å²) in [6, 6.07) is 3.59. The first-order chi connectivity index (χ1) is 10.8. The van der Waals surface area contributed by atoms with Gasteiger partial charge in [-0.3, -0.25) is 4.79 Å². The highest BCUT2D eigenvalue weighted by Gasteiger charge is 2.16. The predicted molar refractivity (Wildman–Crippen MR) is 97.4 cm³/mol. The fourth-order valence-electron chi connectivity index (χ4n) is 2.10. The highest BCUT2D eigenvalue weighted by atomic mass is 79.9. The number of carbonyl (C=O) groups is 1. The number of carbonyl (C=O) groups excluding carboxylic acids is 1. The second-order valence-electron chi connectivity index (χ2n) is 5.08. The van der Waals surface area contributed by atoms with Gasteiger partial charge in [0.25, 0.3) is 0 Å². The first-order valence-electron chi connectivity index (χ1n) is 6.81. The Hall–Kier alpha value is -2.13. The molecule has 0 spiro atoms. The maximum atomic E-state index is 12.1. The van der Waals surface area contributed by atoms with E-state index in [0.717, 1.165) is 10.0 Å². The molecular weight excluding hydrogens is 402 g/mol. The van der Waals surface area contributed by atoms with Gasteiger partial charge in [-0.15, -0.1) is 12.4 Å². The third-order valence-electron chi connectivity index (χ3n) is 3.36.